The first-order valence-corrected chi connectivity index (χ1v) is 9.68. The van der Waals surface area contributed by atoms with Crippen LogP contribution < -0.4 is 0 Å². The summed E-state index contributed by atoms with van der Waals surface area (Å²) in [5.41, 5.74) is 1.81. The average molecular weight is 371 g/mol. The van der Waals surface area contributed by atoms with Gasteiger partial charge in [-0.1, -0.05) is 60.7 Å². The predicted octanol–water partition coefficient (Wildman–Crippen LogP) is 2.77. The molecule has 0 fully saturated rings. The van der Waals surface area contributed by atoms with Crippen molar-refractivity contribution < 1.29 is 28.0 Å². The lowest BCUT2D eigenvalue weighted by atomic mass is 10.2. The highest BCUT2D eigenvalue weighted by Gasteiger charge is 2.24. The molecule has 130 valence electrons. The lowest BCUT2D eigenvalue weighted by molar-refractivity contribution is -0.126. The van der Waals surface area contributed by atoms with Crippen molar-refractivity contribution in [3.63, 3.8) is 0 Å². The molecule has 2 rings (SSSR count). The Kier molecular flexibility index (Phi) is 7.82. The summed E-state index contributed by atoms with van der Waals surface area (Å²) < 4.78 is 31.8. The van der Waals surface area contributed by atoms with Crippen LogP contribution in [0.2, 0.25) is 0 Å². The van der Waals surface area contributed by atoms with Crippen LogP contribution in [-0.2, 0) is 31.3 Å². The summed E-state index contributed by atoms with van der Waals surface area (Å²) in [6, 6.07) is 18.7. The molecule has 0 aromatic heterocycles. The molecule has 2 aromatic rings. The van der Waals surface area contributed by atoms with Gasteiger partial charge in [0.25, 0.3) is 0 Å². The summed E-state index contributed by atoms with van der Waals surface area (Å²) in [5.74, 6) is 0. The van der Waals surface area contributed by atoms with Gasteiger partial charge in [0.2, 0.25) is 6.41 Å². The van der Waals surface area contributed by atoms with Crippen LogP contribution in [0.4, 0.5) is 0 Å². The molecule has 9 heteroatoms. The van der Waals surface area contributed by atoms with Crippen molar-refractivity contribution in [2.24, 2.45) is 0 Å². The van der Waals surface area contributed by atoms with Gasteiger partial charge in [-0.15, -0.1) is 0 Å². The monoisotopic (exact) mass is 371 g/mol. The number of rotatable bonds is 9. The highest BCUT2D eigenvalue weighted by molar-refractivity contribution is 7.32. The molecular formula is C15H19NO6P2. The van der Waals surface area contributed by atoms with Crippen LogP contribution in [-0.4, -0.2) is 21.1 Å². The van der Waals surface area contributed by atoms with Crippen molar-refractivity contribution in [3.8, 4) is 0 Å². The van der Waals surface area contributed by atoms with Gasteiger partial charge in [-0.25, -0.2) is 4.90 Å². The molecule has 2 aromatic carbocycles. The van der Waals surface area contributed by atoms with Crippen molar-refractivity contribution in [2.45, 2.75) is 19.5 Å². The Morgan fingerprint density at radius 3 is 1.50 bits per heavy atom. The Morgan fingerprint density at radius 2 is 1.17 bits per heavy atom. The van der Waals surface area contributed by atoms with E-state index in [2.05, 4.69) is 0 Å². The standard InChI is InChI=1S/C15H19NO6P2/c17-23(18)21-15(22-24(19)20)16(11-13-7-3-1-4-8-13)12-14-9-5-2-6-10-14/h1-10,15,23-24H,11-12H2,(H,17,18)(H,19,20). The fourth-order valence-electron chi connectivity index (χ4n) is 2.19. The summed E-state index contributed by atoms with van der Waals surface area (Å²) in [6.45, 7) is 0.620. The molecule has 0 aliphatic heterocycles. The fraction of sp³-hybridized carbons (Fsp3) is 0.200. The molecule has 7 nitrogen and oxygen atoms in total. The average Bonchev–Trinajstić information content (AvgIpc) is 2.55. The second-order valence-corrected chi connectivity index (χ2v) is 6.49. The van der Waals surface area contributed by atoms with E-state index in [0.29, 0.717) is 13.1 Å². The van der Waals surface area contributed by atoms with Gasteiger partial charge in [0, 0.05) is 13.1 Å². The summed E-state index contributed by atoms with van der Waals surface area (Å²) in [5, 5.41) is 0. The molecule has 0 spiro atoms. The molecule has 2 unspecified atom stereocenters. The van der Waals surface area contributed by atoms with Gasteiger partial charge in [0.05, 0.1) is 0 Å². The third-order valence-corrected chi connectivity index (χ3v) is 3.96. The van der Waals surface area contributed by atoms with Gasteiger partial charge < -0.3 is 9.79 Å². The lowest BCUT2D eigenvalue weighted by Gasteiger charge is -2.29. The molecule has 0 saturated heterocycles. The third-order valence-electron chi connectivity index (χ3n) is 3.16. The molecule has 0 aliphatic carbocycles. The highest BCUT2D eigenvalue weighted by Crippen LogP contribution is 2.30. The van der Waals surface area contributed by atoms with Crippen LogP contribution in [0.15, 0.2) is 60.7 Å². The van der Waals surface area contributed by atoms with Gasteiger partial charge in [0.1, 0.15) is 0 Å². The molecule has 24 heavy (non-hydrogen) atoms. The molecule has 0 saturated carbocycles. The molecule has 0 amide bonds. The first kappa shape index (κ1) is 19.0. The molecule has 0 radical (unpaired) electrons. The van der Waals surface area contributed by atoms with Gasteiger partial charge in [0.15, 0.2) is 0 Å². The number of hydrogen-bond acceptors (Lipinski definition) is 5. The zero-order valence-corrected chi connectivity index (χ0v) is 14.7. The molecule has 0 bridgehead atoms. The Balaban J connectivity index is 2.24. The van der Waals surface area contributed by atoms with Crippen molar-refractivity contribution >= 4 is 16.5 Å². The van der Waals surface area contributed by atoms with E-state index in [1.54, 1.807) is 4.90 Å². The Labute approximate surface area is 141 Å². The van der Waals surface area contributed by atoms with Crippen molar-refractivity contribution in [2.75, 3.05) is 0 Å². The van der Waals surface area contributed by atoms with E-state index < -0.39 is 22.9 Å². The Hall–Kier alpha value is -1.30. The molecule has 2 N–H and O–H groups in total. The van der Waals surface area contributed by atoms with E-state index in [9.17, 15) is 9.13 Å². The number of nitrogens with zero attached hydrogens (tertiary/aromatic N) is 1. The zero-order valence-electron chi connectivity index (χ0n) is 12.7. The maximum absolute atomic E-state index is 11.1. The van der Waals surface area contributed by atoms with Crippen LogP contribution in [0.1, 0.15) is 11.1 Å². The van der Waals surface area contributed by atoms with Crippen LogP contribution in [0, 0.1) is 0 Å². The normalized spacial score (nSPS) is 15.1. The van der Waals surface area contributed by atoms with E-state index in [1.807, 2.05) is 60.7 Å². The van der Waals surface area contributed by atoms with Gasteiger partial charge in [-0.2, -0.15) is 0 Å². The van der Waals surface area contributed by atoms with E-state index in [0.717, 1.165) is 11.1 Å². The molecule has 2 atom stereocenters. The van der Waals surface area contributed by atoms with Gasteiger partial charge in [-0.05, 0) is 11.1 Å². The summed E-state index contributed by atoms with van der Waals surface area (Å²) in [6.07, 6.45) is -1.40. The molecule has 0 heterocycles. The van der Waals surface area contributed by atoms with Crippen molar-refractivity contribution in [1.82, 2.24) is 4.90 Å². The maximum Gasteiger partial charge on any atom is 0.319 e. The maximum atomic E-state index is 11.1. The first-order valence-electron chi connectivity index (χ1n) is 7.15. The van der Waals surface area contributed by atoms with E-state index in [1.165, 1.54) is 0 Å². The molecule has 0 aliphatic rings. The van der Waals surface area contributed by atoms with Crippen LogP contribution in [0.5, 0.6) is 0 Å². The lowest BCUT2D eigenvalue weighted by Crippen LogP contribution is -2.36. The summed E-state index contributed by atoms with van der Waals surface area (Å²) in [4.78, 5) is 19.7. The van der Waals surface area contributed by atoms with Crippen LogP contribution in [0.25, 0.3) is 0 Å². The predicted molar refractivity (Wildman–Crippen MR) is 90.5 cm³/mol. The SMILES string of the molecule is O=[PH](O)OC(O[PH](=O)O)N(Cc1ccccc1)Cc1ccccc1. The Morgan fingerprint density at radius 1 is 0.792 bits per heavy atom. The summed E-state index contributed by atoms with van der Waals surface area (Å²) in [7, 11) is -6.71. The second kappa shape index (κ2) is 9.87. The summed E-state index contributed by atoms with van der Waals surface area (Å²) >= 11 is 0. The van der Waals surface area contributed by atoms with Crippen LogP contribution >= 0.6 is 16.5 Å². The minimum Gasteiger partial charge on any atom is -0.326 e. The fourth-order valence-corrected chi connectivity index (χ4v) is 3.02. The Bertz CT molecular complexity index is 613. The number of hydrogen-bond donors (Lipinski definition) is 2. The molecular weight excluding hydrogens is 352 g/mol. The van der Waals surface area contributed by atoms with E-state index >= 15 is 0 Å². The van der Waals surface area contributed by atoms with Crippen molar-refractivity contribution in [1.29, 1.82) is 0 Å². The minimum atomic E-state index is -3.36. The smallest absolute Gasteiger partial charge is 0.319 e. The van der Waals surface area contributed by atoms with Gasteiger partial charge >= 0.3 is 16.5 Å². The highest BCUT2D eigenvalue weighted by atomic mass is 31.1. The largest absolute Gasteiger partial charge is 0.326 e. The van der Waals surface area contributed by atoms with Crippen LogP contribution in [0.3, 0.4) is 0 Å². The zero-order chi connectivity index (χ0) is 17.4. The number of benzene rings is 2. The quantitative estimate of drug-likeness (QED) is 0.517. The van der Waals surface area contributed by atoms with Crippen molar-refractivity contribution in [3.05, 3.63) is 71.8 Å². The van der Waals surface area contributed by atoms with Gasteiger partial charge in [-0.3, -0.25) is 18.2 Å². The second-order valence-electron chi connectivity index (χ2n) is 4.95. The minimum absolute atomic E-state index is 0.310. The van der Waals surface area contributed by atoms with E-state index in [4.69, 9.17) is 18.8 Å². The first-order chi connectivity index (χ1) is 11.5. The topological polar surface area (TPSA) is 96.3 Å². The third kappa shape index (κ3) is 6.67. The van der Waals surface area contributed by atoms with E-state index in [-0.39, 0.29) is 0 Å².